The monoisotopic (exact) mass is 444 g/mol. The average Bonchev–Trinajstić information content (AvgIpc) is 3.25. The first kappa shape index (κ1) is 21.6. The summed E-state index contributed by atoms with van der Waals surface area (Å²) in [5, 5.41) is 0.814. The molecule has 0 fully saturated rings. The molecule has 1 aromatic heterocycles. The van der Waals surface area contributed by atoms with Gasteiger partial charge in [0.25, 0.3) is 0 Å². The SMILES string of the molecule is COc1cc(CN(C)C(=O)/C=C/c2nc3ccccc3s2)ccc1OCc1ccccc1. The Kier molecular flexibility index (Phi) is 6.82. The minimum Gasteiger partial charge on any atom is -0.493 e. The van der Waals surface area contributed by atoms with E-state index in [9.17, 15) is 4.79 Å². The van der Waals surface area contributed by atoms with Crippen molar-refractivity contribution in [3.05, 3.63) is 95.0 Å². The summed E-state index contributed by atoms with van der Waals surface area (Å²) in [6.45, 7) is 0.920. The first-order valence-electron chi connectivity index (χ1n) is 10.2. The van der Waals surface area contributed by atoms with Crippen LogP contribution in [0.2, 0.25) is 0 Å². The number of likely N-dealkylation sites (N-methyl/N-ethyl adjacent to an activating group) is 1. The van der Waals surface area contributed by atoms with Crippen molar-refractivity contribution < 1.29 is 14.3 Å². The van der Waals surface area contributed by atoms with Crippen LogP contribution in [0.4, 0.5) is 0 Å². The molecule has 0 atom stereocenters. The largest absolute Gasteiger partial charge is 0.493 e. The maximum atomic E-state index is 12.6. The molecule has 32 heavy (non-hydrogen) atoms. The summed E-state index contributed by atoms with van der Waals surface area (Å²) in [5.41, 5.74) is 2.99. The molecular weight excluding hydrogens is 420 g/mol. The van der Waals surface area contributed by atoms with Gasteiger partial charge < -0.3 is 14.4 Å². The molecule has 4 rings (SSSR count). The minimum atomic E-state index is -0.0902. The number of carbonyl (C=O) groups is 1. The Bertz CT molecular complexity index is 1200. The average molecular weight is 445 g/mol. The van der Waals surface area contributed by atoms with Crippen LogP contribution in [0.15, 0.2) is 78.9 Å². The number of hydrogen-bond donors (Lipinski definition) is 0. The molecule has 0 spiro atoms. The zero-order valence-electron chi connectivity index (χ0n) is 18.0. The van der Waals surface area contributed by atoms with Crippen molar-refractivity contribution in [3.63, 3.8) is 0 Å². The van der Waals surface area contributed by atoms with E-state index in [1.165, 1.54) is 0 Å². The molecule has 0 saturated carbocycles. The summed E-state index contributed by atoms with van der Waals surface area (Å²) < 4.78 is 12.5. The van der Waals surface area contributed by atoms with Crippen LogP contribution in [-0.4, -0.2) is 29.9 Å². The molecule has 162 valence electrons. The molecule has 0 bridgehead atoms. The predicted molar refractivity (Wildman–Crippen MR) is 129 cm³/mol. The van der Waals surface area contributed by atoms with Crippen molar-refractivity contribution in [2.75, 3.05) is 14.2 Å². The van der Waals surface area contributed by atoms with Gasteiger partial charge in [-0.1, -0.05) is 48.5 Å². The Balaban J connectivity index is 1.38. The summed E-state index contributed by atoms with van der Waals surface area (Å²) in [4.78, 5) is 18.8. The van der Waals surface area contributed by atoms with Crippen LogP contribution in [0, 0.1) is 0 Å². The van der Waals surface area contributed by atoms with Crippen molar-refractivity contribution in [1.82, 2.24) is 9.88 Å². The number of methoxy groups -OCH3 is 1. The van der Waals surface area contributed by atoms with Crippen LogP contribution in [0.25, 0.3) is 16.3 Å². The molecule has 1 heterocycles. The number of hydrogen-bond acceptors (Lipinski definition) is 5. The topological polar surface area (TPSA) is 51.7 Å². The Morgan fingerprint density at radius 2 is 1.78 bits per heavy atom. The number of amides is 1. The highest BCUT2D eigenvalue weighted by molar-refractivity contribution is 7.19. The summed E-state index contributed by atoms with van der Waals surface area (Å²) in [5.74, 6) is 1.22. The lowest BCUT2D eigenvalue weighted by atomic mass is 10.2. The van der Waals surface area contributed by atoms with Crippen LogP contribution in [0.5, 0.6) is 11.5 Å². The lowest BCUT2D eigenvalue weighted by molar-refractivity contribution is -0.125. The summed E-state index contributed by atoms with van der Waals surface area (Å²) in [6.07, 6.45) is 3.33. The van der Waals surface area contributed by atoms with Gasteiger partial charge in [-0.25, -0.2) is 4.98 Å². The molecule has 0 aliphatic carbocycles. The number of benzene rings is 3. The predicted octanol–water partition coefficient (Wildman–Crippen LogP) is 5.56. The third-order valence-electron chi connectivity index (χ3n) is 4.94. The smallest absolute Gasteiger partial charge is 0.246 e. The molecule has 0 radical (unpaired) electrons. The molecular formula is C26H24N2O3S. The van der Waals surface area contributed by atoms with E-state index < -0.39 is 0 Å². The van der Waals surface area contributed by atoms with E-state index >= 15 is 0 Å². The van der Waals surface area contributed by atoms with E-state index in [2.05, 4.69) is 4.98 Å². The highest BCUT2D eigenvalue weighted by Crippen LogP contribution is 2.29. The Morgan fingerprint density at radius 1 is 1.00 bits per heavy atom. The van der Waals surface area contributed by atoms with Gasteiger partial charge in [-0.3, -0.25) is 4.79 Å². The number of nitrogens with zero attached hydrogens (tertiary/aromatic N) is 2. The van der Waals surface area contributed by atoms with Gasteiger partial charge in [-0.05, 0) is 41.5 Å². The fourth-order valence-electron chi connectivity index (χ4n) is 3.25. The fraction of sp³-hybridized carbons (Fsp3) is 0.154. The molecule has 6 heteroatoms. The van der Waals surface area contributed by atoms with Crippen molar-refractivity contribution >= 4 is 33.5 Å². The first-order valence-corrected chi connectivity index (χ1v) is 11.1. The molecule has 0 aliphatic heterocycles. The van der Waals surface area contributed by atoms with Crippen LogP contribution >= 0.6 is 11.3 Å². The van der Waals surface area contributed by atoms with Crippen molar-refractivity contribution in [2.24, 2.45) is 0 Å². The second-order valence-corrected chi connectivity index (χ2v) is 8.37. The lowest BCUT2D eigenvalue weighted by Gasteiger charge is -2.17. The number of thiazole rings is 1. The number of ether oxygens (including phenoxy) is 2. The minimum absolute atomic E-state index is 0.0902. The van der Waals surface area contributed by atoms with E-state index in [0.717, 1.165) is 26.4 Å². The molecule has 3 aromatic carbocycles. The van der Waals surface area contributed by atoms with E-state index in [1.807, 2.05) is 72.8 Å². The molecule has 4 aromatic rings. The van der Waals surface area contributed by atoms with Crippen LogP contribution in [0.1, 0.15) is 16.1 Å². The Morgan fingerprint density at radius 3 is 2.56 bits per heavy atom. The Hall–Kier alpha value is -3.64. The Labute approximate surface area is 191 Å². The number of para-hydroxylation sites is 1. The van der Waals surface area contributed by atoms with Crippen molar-refractivity contribution in [3.8, 4) is 11.5 Å². The maximum Gasteiger partial charge on any atom is 0.246 e. The normalized spacial score (nSPS) is 11.1. The van der Waals surface area contributed by atoms with Gasteiger partial charge >= 0.3 is 0 Å². The standard InChI is InChI=1S/C26H24N2O3S/c1-28(26(29)15-14-25-27-21-10-6-7-11-24(21)32-25)17-20-12-13-22(23(16-20)30-2)31-18-19-8-4-3-5-9-19/h3-16H,17-18H2,1-2H3/b15-14+. The number of rotatable bonds is 8. The number of fused-ring (bicyclic) bond motifs is 1. The highest BCUT2D eigenvalue weighted by atomic mass is 32.1. The first-order chi connectivity index (χ1) is 15.6. The molecule has 5 nitrogen and oxygen atoms in total. The fourth-order valence-corrected chi connectivity index (χ4v) is 4.12. The highest BCUT2D eigenvalue weighted by Gasteiger charge is 2.11. The van der Waals surface area contributed by atoms with Gasteiger partial charge in [-0.15, -0.1) is 11.3 Å². The zero-order chi connectivity index (χ0) is 22.3. The van der Waals surface area contributed by atoms with Gasteiger partial charge in [0.2, 0.25) is 5.91 Å². The summed E-state index contributed by atoms with van der Waals surface area (Å²) >= 11 is 1.57. The van der Waals surface area contributed by atoms with Gasteiger partial charge in [0.05, 0.1) is 17.3 Å². The second kappa shape index (κ2) is 10.1. The third kappa shape index (κ3) is 5.34. The number of carbonyl (C=O) groups excluding carboxylic acids is 1. The van der Waals surface area contributed by atoms with Crippen molar-refractivity contribution in [1.29, 1.82) is 0 Å². The second-order valence-electron chi connectivity index (χ2n) is 7.31. The van der Waals surface area contributed by atoms with Gasteiger partial charge in [0, 0.05) is 19.7 Å². The van der Waals surface area contributed by atoms with Gasteiger partial charge in [0.15, 0.2) is 11.5 Å². The molecule has 1 amide bonds. The van der Waals surface area contributed by atoms with Crippen LogP contribution < -0.4 is 9.47 Å². The van der Waals surface area contributed by atoms with Crippen LogP contribution in [0.3, 0.4) is 0 Å². The van der Waals surface area contributed by atoms with Gasteiger partial charge in [-0.2, -0.15) is 0 Å². The zero-order valence-corrected chi connectivity index (χ0v) is 18.8. The summed E-state index contributed by atoms with van der Waals surface area (Å²) in [7, 11) is 3.39. The molecule has 0 unspecified atom stereocenters. The number of aromatic nitrogens is 1. The van der Waals surface area contributed by atoms with E-state index in [1.54, 1.807) is 42.5 Å². The van der Waals surface area contributed by atoms with E-state index in [0.29, 0.717) is 24.7 Å². The molecule has 0 N–H and O–H groups in total. The third-order valence-corrected chi connectivity index (χ3v) is 5.94. The van der Waals surface area contributed by atoms with Crippen molar-refractivity contribution in [2.45, 2.75) is 13.2 Å². The lowest BCUT2D eigenvalue weighted by Crippen LogP contribution is -2.24. The molecule has 0 aliphatic rings. The van der Waals surface area contributed by atoms with Gasteiger partial charge in [0.1, 0.15) is 11.6 Å². The molecule has 0 saturated heterocycles. The van der Waals surface area contributed by atoms with E-state index in [-0.39, 0.29) is 5.91 Å². The maximum absolute atomic E-state index is 12.6. The summed E-state index contributed by atoms with van der Waals surface area (Å²) in [6, 6.07) is 23.7. The van der Waals surface area contributed by atoms with E-state index in [4.69, 9.17) is 9.47 Å². The van der Waals surface area contributed by atoms with Crippen LogP contribution in [-0.2, 0) is 17.9 Å². The quantitative estimate of drug-likeness (QED) is 0.334.